The lowest BCUT2D eigenvalue weighted by Gasteiger charge is -2.42. The molecule has 2 aliphatic rings. The molecule has 0 saturated carbocycles. The molecule has 0 radical (unpaired) electrons. The molecule has 2 bridgehead atoms. The number of amides is 2. The van der Waals surface area contributed by atoms with Crippen molar-refractivity contribution in [1.82, 2.24) is 20.5 Å². The Hall–Kier alpha value is -1.74. The van der Waals surface area contributed by atoms with Crippen LogP contribution >= 0.6 is 0 Å². The Morgan fingerprint density at radius 3 is 3.04 bits per heavy atom. The van der Waals surface area contributed by atoms with Gasteiger partial charge in [0.15, 0.2) is 6.29 Å². The number of aromatic nitrogens is 1. The van der Waals surface area contributed by atoms with E-state index >= 15 is 0 Å². The summed E-state index contributed by atoms with van der Waals surface area (Å²) in [4.78, 5) is 18.2. The van der Waals surface area contributed by atoms with Crippen molar-refractivity contribution in [2.75, 3.05) is 26.7 Å². The molecule has 0 spiro atoms. The van der Waals surface area contributed by atoms with E-state index in [1.54, 1.807) is 6.20 Å². The summed E-state index contributed by atoms with van der Waals surface area (Å²) in [5.41, 5.74) is 0.989. The maximum absolute atomic E-state index is 11.9. The molecular weight excluding hydrogens is 324 g/mol. The predicted octanol–water partition coefficient (Wildman–Crippen LogP) is -0.272. The first-order valence-electron chi connectivity index (χ1n) is 8.69. The molecule has 2 aliphatic heterocycles. The van der Waals surface area contributed by atoms with Crippen LogP contribution in [0.5, 0.6) is 0 Å². The number of nitrogens with zero attached hydrogens (tertiary/aromatic N) is 2. The third-order valence-electron chi connectivity index (χ3n) is 4.72. The van der Waals surface area contributed by atoms with Gasteiger partial charge >= 0.3 is 6.03 Å². The molecule has 25 heavy (non-hydrogen) atoms. The number of fused-ring (bicyclic) bond motifs is 2. The van der Waals surface area contributed by atoms with Gasteiger partial charge < -0.3 is 25.2 Å². The van der Waals surface area contributed by atoms with E-state index in [1.165, 1.54) is 0 Å². The zero-order valence-corrected chi connectivity index (χ0v) is 14.6. The van der Waals surface area contributed by atoms with Gasteiger partial charge in [-0.25, -0.2) is 4.79 Å². The summed E-state index contributed by atoms with van der Waals surface area (Å²) >= 11 is 0. The average Bonchev–Trinajstić information content (AvgIpc) is 3.03. The van der Waals surface area contributed by atoms with Crippen molar-refractivity contribution >= 4 is 6.03 Å². The van der Waals surface area contributed by atoms with Gasteiger partial charge in [-0.2, -0.15) is 0 Å². The second-order valence-corrected chi connectivity index (χ2v) is 6.44. The molecular formula is C17H26N4O4. The smallest absolute Gasteiger partial charge is 0.315 e. The van der Waals surface area contributed by atoms with Gasteiger partial charge in [-0.3, -0.25) is 9.88 Å². The largest absolute Gasteiger partial charge is 0.389 e. The van der Waals surface area contributed by atoms with E-state index < -0.39 is 18.4 Å². The van der Waals surface area contributed by atoms with Crippen molar-refractivity contribution in [1.29, 1.82) is 0 Å². The second-order valence-electron chi connectivity index (χ2n) is 6.44. The van der Waals surface area contributed by atoms with Gasteiger partial charge in [0.05, 0.1) is 24.8 Å². The molecule has 2 saturated heterocycles. The molecule has 138 valence electrons. The third kappa shape index (κ3) is 4.09. The number of carbonyl (C=O) groups is 1. The van der Waals surface area contributed by atoms with E-state index in [-0.39, 0.29) is 18.2 Å². The fraction of sp³-hybridized carbons (Fsp3) is 0.647. The number of carbonyl (C=O) groups excluding carboxylic acids is 1. The zero-order valence-electron chi connectivity index (χ0n) is 14.6. The fourth-order valence-corrected chi connectivity index (χ4v) is 3.40. The summed E-state index contributed by atoms with van der Waals surface area (Å²) < 4.78 is 11.6. The number of pyridine rings is 1. The zero-order chi connectivity index (χ0) is 17.8. The van der Waals surface area contributed by atoms with Crippen molar-refractivity contribution in [2.45, 2.75) is 43.9 Å². The Labute approximate surface area is 147 Å². The molecule has 5 atom stereocenters. The SMILES string of the molecule is CCNC(=O)NC1C2COC(O2)C(N(C)CCc2ccccn2)C1O. The maximum Gasteiger partial charge on any atom is 0.315 e. The van der Waals surface area contributed by atoms with Gasteiger partial charge in [0.1, 0.15) is 6.10 Å². The topological polar surface area (TPSA) is 96.0 Å². The molecule has 3 rings (SSSR count). The van der Waals surface area contributed by atoms with E-state index in [4.69, 9.17) is 9.47 Å². The minimum atomic E-state index is -0.775. The summed E-state index contributed by atoms with van der Waals surface area (Å²) in [5, 5.41) is 16.3. The Kier molecular flexibility index (Phi) is 5.85. The first kappa shape index (κ1) is 18.1. The molecule has 2 amide bonds. The highest BCUT2D eigenvalue weighted by Crippen LogP contribution is 2.30. The van der Waals surface area contributed by atoms with E-state index in [9.17, 15) is 9.90 Å². The molecule has 0 aliphatic carbocycles. The third-order valence-corrected chi connectivity index (χ3v) is 4.72. The lowest BCUT2D eigenvalue weighted by atomic mass is 9.95. The molecule has 3 heterocycles. The number of aliphatic hydroxyl groups excluding tert-OH is 1. The van der Waals surface area contributed by atoms with Gasteiger partial charge in [-0.05, 0) is 26.1 Å². The number of hydrogen-bond acceptors (Lipinski definition) is 6. The summed E-state index contributed by atoms with van der Waals surface area (Å²) in [5.74, 6) is 0. The van der Waals surface area contributed by atoms with Gasteiger partial charge in [0.25, 0.3) is 0 Å². The number of hydrogen-bond donors (Lipinski definition) is 3. The Bertz CT molecular complexity index is 573. The number of ether oxygens (including phenoxy) is 2. The van der Waals surface area contributed by atoms with Crippen molar-refractivity contribution < 1.29 is 19.4 Å². The van der Waals surface area contributed by atoms with Crippen molar-refractivity contribution in [3.63, 3.8) is 0 Å². The van der Waals surface area contributed by atoms with Gasteiger partial charge in [0, 0.05) is 31.4 Å². The monoisotopic (exact) mass is 350 g/mol. The number of rotatable bonds is 6. The maximum atomic E-state index is 11.9. The average molecular weight is 350 g/mol. The molecule has 5 unspecified atom stereocenters. The van der Waals surface area contributed by atoms with Crippen LogP contribution in [0.4, 0.5) is 4.79 Å². The number of urea groups is 1. The second kappa shape index (κ2) is 8.09. The Balaban J connectivity index is 1.64. The van der Waals surface area contributed by atoms with Crippen LogP contribution in [0.1, 0.15) is 12.6 Å². The normalized spacial score (nSPS) is 31.1. The van der Waals surface area contributed by atoms with Crippen LogP contribution in [-0.2, 0) is 15.9 Å². The van der Waals surface area contributed by atoms with Crippen molar-refractivity contribution in [2.24, 2.45) is 0 Å². The van der Waals surface area contributed by atoms with E-state index in [0.717, 1.165) is 12.1 Å². The Morgan fingerprint density at radius 1 is 1.48 bits per heavy atom. The van der Waals surface area contributed by atoms with Crippen LogP contribution < -0.4 is 10.6 Å². The first-order chi connectivity index (χ1) is 12.1. The highest BCUT2D eigenvalue weighted by molar-refractivity contribution is 5.74. The highest BCUT2D eigenvalue weighted by Gasteiger charge is 2.51. The van der Waals surface area contributed by atoms with Gasteiger partial charge in [-0.1, -0.05) is 6.07 Å². The van der Waals surface area contributed by atoms with E-state index in [0.29, 0.717) is 19.7 Å². The minimum absolute atomic E-state index is 0.310. The van der Waals surface area contributed by atoms with Crippen LogP contribution in [0.3, 0.4) is 0 Å². The molecule has 3 N–H and O–H groups in total. The quantitative estimate of drug-likeness (QED) is 0.654. The van der Waals surface area contributed by atoms with Crippen LogP contribution in [0, 0.1) is 0 Å². The lowest BCUT2D eigenvalue weighted by Crippen LogP contribution is -2.65. The first-order valence-corrected chi connectivity index (χ1v) is 8.69. The van der Waals surface area contributed by atoms with Crippen molar-refractivity contribution in [3.05, 3.63) is 30.1 Å². The Morgan fingerprint density at radius 2 is 2.32 bits per heavy atom. The summed E-state index contributed by atoms with van der Waals surface area (Å²) in [6.07, 6.45) is 0.933. The highest BCUT2D eigenvalue weighted by atomic mass is 16.7. The van der Waals surface area contributed by atoms with Crippen LogP contribution in [-0.4, -0.2) is 78.3 Å². The molecule has 8 heteroatoms. The summed E-state index contributed by atoms with van der Waals surface area (Å²) in [7, 11) is 1.92. The van der Waals surface area contributed by atoms with E-state index in [1.807, 2.05) is 37.1 Å². The lowest BCUT2D eigenvalue weighted by molar-refractivity contribution is -0.177. The molecule has 8 nitrogen and oxygen atoms in total. The van der Waals surface area contributed by atoms with E-state index in [2.05, 4.69) is 15.6 Å². The summed E-state index contributed by atoms with van der Waals surface area (Å²) in [6.45, 7) is 3.42. The molecule has 2 fully saturated rings. The van der Waals surface area contributed by atoms with Gasteiger partial charge in [0.2, 0.25) is 0 Å². The molecule has 1 aromatic rings. The number of likely N-dealkylation sites (N-methyl/N-ethyl adjacent to an activating group) is 1. The van der Waals surface area contributed by atoms with Gasteiger partial charge in [-0.15, -0.1) is 0 Å². The van der Waals surface area contributed by atoms with Crippen LogP contribution in [0.15, 0.2) is 24.4 Å². The molecule has 0 aromatic carbocycles. The fourth-order valence-electron chi connectivity index (χ4n) is 3.40. The predicted molar refractivity (Wildman–Crippen MR) is 91.0 cm³/mol. The summed E-state index contributed by atoms with van der Waals surface area (Å²) in [6, 6.07) is 4.65. The molecule has 1 aromatic heterocycles. The number of nitrogens with one attached hydrogen (secondary N) is 2. The van der Waals surface area contributed by atoms with Crippen LogP contribution in [0.25, 0.3) is 0 Å². The standard InChI is InChI=1S/C17H26N4O4/c1-3-18-17(23)20-13-12-10-24-16(25-12)14(15(13)22)21(2)9-7-11-6-4-5-8-19-11/h4-6,8,12-16,22H,3,7,9-10H2,1-2H3,(H2,18,20,23). The van der Waals surface area contributed by atoms with Crippen LogP contribution in [0.2, 0.25) is 0 Å². The van der Waals surface area contributed by atoms with Crippen molar-refractivity contribution in [3.8, 4) is 0 Å². The minimum Gasteiger partial charge on any atom is -0.389 e. The number of aliphatic hydroxyl groups is 1.